The smallest absolute Gasteiger partial charge is 0.423 e. The van der Waals surface area contributed by atoms with Crippen molar-refractivity contribution in [2.75, 3.05) is 21.3 Å². The van der Waals surface area contributed by atoms with Crippen molar-refractivity contribution < 1.29 is 22.8 Å². The van der Waals surface area contributed by atoms with Crippen LogP contribution in [-0.4, -0.2) is 36.1 Å². The number of rotatable bonds is 9. The molecular weight excluding hydrogens is 300 g/mol. The van der Waals surface area contributed by atoms with Crippen LogP contribution in [0.15, 0.2) is 36.4 Å². The Kier molecular flexibility index (Phi) is 7.47. The number of aryl methyl sites for hydroxylation is 1. The van der Waals surface area contributed by atoms with Gasteiger partial charge in [0, 0.05) is 32.9 Å². The third-order valence-electron chi connectivity index (χ3n) is 3.36. The van der Waals surface area contributed by atoms with Crippen LogP contribution in [0.3, 0.4) is 0 Å². The van der Waals surface area contributed by atoms with Crippen molar-refractivity contribution >= 4 is 14.8 Å². The zero-order chi connectivity index (χ0) is 16.6. The van der Waals surface area contributed by atoms with E-state index < -0.39 is 14.8 Å². The Morgan fingerprint density at radius 3 is 2.09 bits per heavy atom. The first-order chi connectivity index (χ1) is 10.5. The predicted octanol–water partition coefficient (Wildman–Crippen LogP) is 2.98. The molecule has 1 aromatic rings. The van der Waals surface area contributed by atoms with Crippen LogP contribution in [0.4, 0.5) is 0 Å². The maximum atomic E-state index is 11.4. The molecule has 0 amide bonds. The van der Waals surface area contributed by atoms with E-state index in [0.29, 0.717) is 11.3 Å². The van der Waals surface area contributed by atoms with Gasteiger partial charge < -0.3 is 18.0 Å². The normalized spacial score (nSPS) is 11.3. The van der Waals surface area contributed by atoms with Gasteiger partial charge in [0.05, 0.1) is 0 Å². The summed E-state index contributed by atoms with van der Waals surface area (Å²) in [5, 5.41) is 0. The second-order valence-corrected chi connectivity index (χ2v) is 8.05. The van der Waals surface area contributed by atoms with E-state index in [-0.39, 0.29) is 0 Å². The van der Waals surface area contributed by atoms with Crippen LogP contribution in [0.5, 0.6) is 5.75 Å². The molecule has 0 bridgehead atoms. The van der Waals surface area contributed by atoms with E-state index in [9.17, 15) is 4.79 Å². The minimum absolute atomic E-state index is 0.379. The first-order valence-corrected chi connectivity index (χ1v) is 9.01. The molecule has 0 atom stereocenters. The van der Waals surface area contributed by atoms with Gasteiger partial charge in [-0.05, 0) is 37.5 Å². The molecule has 0 saturated heterocycles. The summed E-state index contributed by atoms with van der Waals surface area (Å²) < 4.78 is 21.3. The fourth-order valence-electron chi connectivity index (χ4n) is 1.98. The highest BCUT2D eigenvalue weighted by atomic mass is 28.4. The van der Waals surface area contributed by atoms with Gasteiger partial charge in [-0.25, -0.2) is 4.79 Å². The topological polar surface area (TPSA) is 54.0 Å². The Morgan fingerprint density at radius 1 is 1.09 bits per heavy atom. The highest BCUT2D eigenvalue weighted by Crippen LogP contribution is 2.19. The summed E-state index contributed by atoms with van der Waals surface area (Å²) in [7, 11) is 2.35. The maximum absolute atomic E-state index is 11.4. The lowest BCUT2D eigenvalue weighted by Crippen LogP contribution is -2.42. The van der Waals surface area contributed by atoms with E-state index in [2.05, 4.69) is 6.58 Å². The van der Waals surface area contributed by atoms with Crippen molar-refractivity contribution in [2.45, 2.75) is 25.8 Å². The monoisotopic (exact) mass is 324 g/mol. The second-order valence-electron chi connectivity index (χ2n) is 4.96. The lowest BCUT2D eigenvalue weighted by Gasteiger charge is -2.24. The number of carbonyl (C=O) groups excluding carboxylic acids is 1. The van der Waals surface area contributed by atoms with Gasteiger partial charge in [-0.3, -0.25) is 0 Å². The number of hydrogen-bond donors (Lipinski definition) is 0. The summed E-state index contributed by atoms with van der Waals surface area (Å²) >= 11 is 0. The van der Waals surface area contributed by atoms with Gasteiger partial charge in [-0.2, -0.15) is 0 Å². The molecule has 6 heteroatoms. The fourth-order valence-corrected chi connectivity index (χ4v) is 3.71. The Hall–Kier alpha value is -1.47. The molecular formula is C16H24O5Si. The largest absolute Gasteiger partial charge is 0.500 e. The van der Waals surface area contributed by atoms with Crippen molar-refractivity contribution in [3.05, 3.63) is 42.0 Å². The molecule has 0 N–H and O–H groups in total. The summed E-state index contributed by atoms with van der Waals surface area (Å²) in [6.07, 6.45) is 1.77. The van der Waals surface area contributed by atoms with Gasteiger partial charge in [-0.1, -0.05) is 18.7 Å². The summed E-state index contributed by atoms with van der Waals surface area (Å²) in [5.74, 6) is 0.106. The summed E-state index contributed by atoms with van der Waals surface area (Å²) in [6, 6.07) is 8.20. The van der Waals surface area contributed by atoms with Gasteiger partial charge in [0.25, 0.3) is 0 Å². The van der Waals surface area contributed by atoms with Crippen molar-refractivity contribution in [2.24, 2.45) is 0 Å². The van der Waals surface area contributed by atoms with E-state index in [1.54, 1.807) is 40.4 Å². The molecule has 0 fully saturated rings. The number of esters is 1. The molecule has 0 radical (unpaired) electrons. The number of benzene rings is 1. The molecule has 1 aromatic carbocycles. The summed E-state index contributed by atoms with van der Waals surface area (Å²) in [6.45, 7) is 5.17. The van der Waals surface area contributed by atoms with E-state index >= 15 is 0 Å². The van der Waals surface area contributed by atoms with Crippen LogP contribution in [0.1, 0.15) is 18.9 Å². The van der Waals surface area contributed by atoms with Gasteiger partial charge in [0.2, 0.25) is 0 Å². The molecule has 1 rings (SSSR count). The van der Waals surface area contributed by atoms with E-state index in [1.165, 1.54) is 0 Å². The van der Waals surface area contributed by atoms with Crippen LogP contribution in [-0.2, 0) is 24.5 Å². The third kappa shape index (κ3) is 5.38. The molecule has 0 aliphatic heterocycles. The van der Waals surface area contributed by atoms with Crippen molar-refractivity contribution in [1.29, 1.82) is 0 Å². The SMILES string of the molecule is C=C(C)C(=O)Oc1ccc(CCC[Si](OC)(OC)OC)cc1. The molecule has 122 valence electrons. The average molecular weight is 324 g/mol. The Balaban J connectivity index is 2.51. The molecule has 0 aromatic heterocycles. The molecule has 0 spiro atoms. The Labute approximate surface area is 133 Å². The minimum Gasteiger partial charge on any atom is -0.423 e. The Bertz CT molecular complexity index is 485. The third-order valence-corrected chi connectivity index (χ3v) is 6.20. The lowest BCUT2D eigenvalue weighted by atomic mass is 10.1. The Morgan fingerprint density at radius 2 is 1.64 bits per heavy atom. The molecule has 0 aliphatic carbocycles. The van der Waals surface area contributed by atoms with E-state index in [4.69, 9.17) is 18.0 Å². The molecule has 0 saturated carbocycles. The first kappa shape index (κ1) is 18.6. The highest BCUT2D eigenvalue weighted by Gasteiger charge is 2.36. The number of carbonyl (C=O) groups is 1. The maximum Gasteiger partial charge on any atom is 0.500 e. The second kappa shape index (κ2) is 8.85. The van der Waals surface area contributed by atoms with Crippen LogP contribution >= 0.6 is 0 Å². The van der Waals surface area contributed by atoms with Crippen LogP contribution in [0.2, 0.25) is 6.04 Å². The molecule has 0 heterocycles. The van der Waals surface area contributed by atoms with E-state index in [0.717, 1.165) is 24.4 Å². The molecule has 0 unspecified atom stereocenters. The fraction of sp³-hybridized carbons (Fsp3) is 0.438. The summed E-state index contributed by atoms with van der Waals surface area (Å²) in [5.41, 5.74) is 1.53. The van der Waals surface area contributed by atoms with Crippen molar-refractivity contribution in [3.63, 3.8) is 0 Å². The predicted molar refractivity (Wildman–Crippen MR) is 86.8 cm³/mol. The number of hydrogen-bond acceptors (Lipinski definition) is 5. The van der Waals surface area contributed by atoms with Crippen molar-refractivity contribution in [3.8, 4) is 5.75 Å². The highest BCUT2D eigenvalue weighted by molar-refractivity contribution is 6.60. The van der Waals surface area contributed by atoms with Crippen molar-refractivity contribution in [1.82, 2.24) is 0 Å². The van der Waals surface area contributed by atoms with Gasteiger partial charge in [-0.15, -0.1) is 0 Å². The first-order valence-electron chi connectivity index (χ1n) is 7.08. The zero-order valence-electron chi connectivity index (χ0n) is 13.7. The minimum atomic E-state index is -2.50. The molecule has 0 aliphatic rings. The number of ether oxygens (including phenoxy) is 1. The van der Waals surface area contributed by atoms with Crippen LogP contribution in [0.25, 0.3) is 0 Å². The standard InChI is InChI=1S/C16H24O5Si/c1-13(2)16(17)21-15-10-8-14(9-11-15)7-6-12-22(18-3,19-4)20-5/h8-11H,1,6-7,12H2,2-5H3. The van der Waals surface area contributed by atoms with Gasteiger partial charge >= 0.3 is 14.8 Å². The quantitative estimate of drug-likeness (QED) is 0.302. The van der Waals surface area contributed by atoms with Crippen LogP contribution < -0.4 is 4.74 Å². The molecule has 5 nitrogen and oxygen atoms in total. The van der Waals surface area contributed by atoms with Crippen LogP contribution in [0, 0.1) is 0 Å². The van der Waals surface area contributed by atoms with Gasteiger partial charge in [0.15, 0.2) is 0 Å². The zero-order valence-corrected chi connectivity index (χ0v) is 14.7. The average Bonchev–Trinajstić information content (AvgIpc) is 2.53. The summed E-state index contributed by atoms with van der Waals surface area (Å²) in [4.78, 5) is 11.4. The van der Waals surface area contributed by atoms with Gasteiger partial charge in [0.1, 0.15) is 5.75 Å². The molecule has 22 heavy (non-hydrogen) atoms. The van der Waals surface area contributed by atoms with E-state index in [1.807, 2.05) is 12.1 Å². The lowest BCUT2D eigenvalue weighted by molar-refractivity contribution is -0.130.